The molecule has 0 spiro atoms. The van der Waals surface area contributed by atoms with Gasteiger partial charge in [0.25, 0.3) is 0 Å². The fraction of sp³-hybridized carbons (Fsp3) is 0.412. The van der Waals surface area contributed by atoms with Crippen LogP contribution in [0.15, 0.2) is 24.3 Å². The van der Waals surface area contributed by atoms with Crippen LogP contribution in [0.25, 0.3) is 10.2 Å². The number of carbonyl (C=O) groups is 1. The van der Waals surface area contributed by atoms with Gasteiger partial charge in [-0.3, -0.25) is 4.79 Å². The number of para-hydroxylation sites is 1. The van der Waals surface area contributed by atoms with E-state index in [1.165, 1.54) is 9.60 Å². The Labute approximate surface area is 160 Å². The number of hydrogen-bond acceptors (Lipinski definition) is 6. The van der Waals surface area contributed by atoms with Crippen LogP contribution in [0.1, 0.15) is 17.8 Å². The molecule has 1 atom stereocenters. The van der Waals surface area contributed by atoms with Gasteiger partial charge in [-0.1, -0.05) is 12.1 Å². The first-order chi connectivity index (χ1) is 12.5. The molecule has 2 aromatic heterocycles. The molecule has 1 unspecified atom stereocenters. The Morgan fingerprint density at radius 3 is 2.88 bits per heavy atom. The van der Waals surface area contributed by atoms with E-state index in [2.05, 4.69) is 23.2 Å². The van der Waals surface area contributed by atoms with Gasteiger partial charge in [-0.25, -0.2) is 4.98 Å². The van der Waals surface area contributed by atoms with Crippen LogP contribution < -0.4 is 4.90 Å². The minimum Gasteiger partial charge on any atom is -0.466 e. The number of carbonyl (C=O) groups excluding carboxylic acids is 1. The van der Waals surface area contributed by atoms with Crippen LogP contribution in [0.2, 0.25) is 0 Å². The van der Waals surface area contributed by atoms with Crippen molar-refractivity contribution in [3.05, 3.63) is 39.9 Å². The highest BCUT2D eigenvalue weighted by Gasteiger charge is 2.16. The first-order valence-corrected chi connectivity index (χ1v) is 9.64. The van der Waals surface area contributed by atoms with Gasteiger partial charge in [0.15, 0.2) is 6.67 Å². The molecule has 3 aromatic rings. The predicted octanol–water partition coefficient (Wildman–Crippen LogP) is 1.34. The number of esters is 1. The van der Waals surface area contributed by atoms with Crippen LogP contribution in [0.4, 0.5) is 0 Å². The number of aromatic nitrogens is 4. The van der Waals surface area contributed by atoms with Crippen molar-refractivity contribution in [2.24, 2.45) is 7.05 Å². The molecule has 7 nitrogen and oxygen atoms in total. The smallest absolute Gasteiger partial charge is 0.313 e. The molecule has 0 saturated heterocycles. The second-order valence-corrected chi connectivity index (χ2v) is 7.59. The fourth-order valence-electron chi connectivity index (χ4n) is 2.70. The molecule has 0 bridgehead atoms. The Hall–Kier alpha value is -2.10. The number of nitrogens with zero attached hydrogens (tertiary/aromatic N) is 4. The maximum Gasteiger partial charge on any atom is 0.313 e. The molecule has 26 heavy (non-hydrogen) atoms. The Kier molecular flexibility index (Phi) is 5.80. The molecule has 9 heteroatoms. The lowest BCUT2D eigenvalue weighted by Crippen LogP contribution is -3.07. The molecule has 3 rings (SSSR count). The topological polar surface area (TPSA) is 66.4 Å². The zero-order chi connectivity index (χ0) is 18.7. The number of ether oxygens (including phenoxy) is 1. The third-order valence-electron chi connectivity index (χ3n) is 3.95. The number of hydrogen-bond donors (Lipinski definition) is 1. The average molecular weight is 393 g/mol. The maximum absolute atomic E-state index is 11.7. The number of rotatable bonds is 7. The Balaban J connectivity index is 1.69. The Morgan fingerprint density at radius 1 is 1.38 bits per heavy atom. The molecule has 0 amide bonds. The van der Waals surface area contributed by atoms with Gasteiger partial charge in [0.2, 0.25) is 4.77 Å². The van der Waals surface area contributed by atoms with E-state index in [1.54, 1.807) is 27.5 Å². The van der Waals surface area contributed by atoms with E-state index >= 15 is 0 Å². The molecular formula is C17H22N5O2S2+. The minimum atomic E-state index is -0.294. The third-order valence-corrected chi connectivity index (χ3v) is 5.47. The van der Waals surface area contributed by atoms with Crippen molar-refractivity contribution < 1.29 is 14.4 Å². The second-order valence-electron chi connectivity index (χ2n) is 6.11. The van der Waals surface area contributed by atoms with E-state index in [4.69, 9.17) is 17.0 Å². The molecule has 0 aliphatic carbocycles. The van der Waals surface area contributed by atoms with Gasteiger partial charge in [-0.15, -0.1) is 11.3 Å². The lowest BCUT2D eigenvalue weighted by Gasteiger charge is -2.11. The van der Waals surface area contributed by atoms with E-state index in [-0.39, 0.29) is 12.4 Å². The van der Waals surface area contributed by atoms with Gasteiger partial charge >= 0.3 is 5.97 Å². The van der Waals surface area contributed by atoms with Crippen molar-refractivity contribution in [1.82, 2.24) is 19.3 Å². The highest BCUT2D eigenvalue weighted by molar-refractivity contribution is 7.71. The summed E-state index contributed by atoms with van der Waals surface area (Å²) in [4.78, 5) is 17.6. The van der Waals surface area contributed by atoms with Gasteiger partial charge in [0.05, 0.1) is 23.9 Å². The van der Waals surface area contributed by atoms with E-state index in [9.17, 15) is 4.79 Å². The van der Waals surface area contributed by atoms with Gasteiger partial charge in [0, 0.05) is 7.05 Å². The molecule has 138 valence electrons. The monoisotopic (exact) mass is 392 g/mol. The first-order valence-electron chi connectivity index (χ1n) is 8.42. The number of benzene rings is 1. The molecule has 0 radical (unpaired) electrons. The van der Waals surface area contributed by atoms with Crippen molar-refractivity contribution in [3.63, 3.8) is 0 Å². The summed E-state index contributed by atoms with van der Waals surface area (Å²) < 4.78 is 10.3. The van der Waals surface area contributed by atoms with Gasteiger partial charge in [-0.2, -0.15) is 9.78 Å². The highest BCUT2D eigenvalue weighted by atomic mass is 32.1. The largest absolute Gasteiger partial charge is 0.466 e. The van der Waals surface area contributed by atoms with Crippen LogP contribution in [0.5, 0.6) is 0 Å². The normalized spacial score (nSPS) is 12.4. The van der Waals surface area contributed by atoms with E-state index in [0.717, 1.165) is 17.1 Å². The van der Waals surface area contributed by atoms with Crippen molar-refractivity contribution in [2.45, 2.75) is 26.6 Å². The Bertz CT molecular complexity index is 942. The quantitative estimate of drug-likeness (QED) is 0.486. The summed E-state index contributed by atoms with van der Waals surface area (Å²) in [6.45, 7) is 3.53. The molecule has 0 fully saturated rings. The minimum absolute atomic E-state index is 0.123. The summed E-state index contributed by atoms with van der Waals surface area (Å²) in [7, 11) is 3.90. The molecule has 2 heterocycles. The summed E-state index contributed by atoms with van der Waals surface area (Å²) >= 11 is 7.16. The van der Waals surface area contributed by atoms with Gasteiger partial charge < -0.3 is 14.2 Å². The van der Waals surface area contributed by atoms with Gasteiger partial charge in [-0.05, 0) is 31.3 Å². The number of quaternary nitrogens is 1. The molecule has 0 aliphatic heterocycles. The summed E-state index contributed by atoms with van der Waals surface area (Å²) in [6.07, 6.45) is 0.123. The number of fused-ring (bicyclic) bond motifs is 1. The lowest BCUT2D eigenvalue weighted by molar-refractivity contribution is -0.917. The van der Waals surface area contributed by atoms with Crippen LogP contribution in [0.3, 0.4) is 0 Å². The zero-order valence-electron chi connectivity index (χ0n) is 15.1. The SMILES string of the molecule is CCOC(=O)Cc1nn(C[NH+](C)Cc2nc3ccccc3s2)c(=S)n1C. The van der Waals surface area contributed by atoms with Crippen molar-refractivity contribution in [2.75, 3.05) is 13.7 Å². The van der Waals surface area contributed by atoms with E-state index in [1.807, 2.05) is 25.2 Å². The molecule has 1 N–H and O–H groups in total. The van der Waals surface area contributed by atoms with Crippen LogP contribution in [-0.2, 0) is 36.2 Å². The van der Waals surface area contributed by atoms with Crippen molar-refractivity contribution >= 4 is 39.7 Å². The molecule has 0 aliphatic rings. The highest BCUT2D eigenvalue weighted by Crippen LogP contribution is 2.20. The predicted molar refractivity (Wildman–Crippen MR) is 103 cm³/mol. The molecular weight excluding hydrogens is 370 g/mol. The summed E-state index contributed by atoms with van der Waals surface area (Å²) in [6, 6.07) is 8.14. The standard InChI is InChI=1S/C17H21N5O2S2/c1-4-24-16(23)9-14-19-22(17(25)21(14)3)11-20(2)10-15-18-12-7-5-6-8-13(12)26-15/h5-8H,4,9-11H2,1-3H3/p+1. The van der Waals surface area contributed by atoms with Crippen molar-refractivity contribution in [1.29, 1.82) is 0 Å². The van der Waals surface area contributed by atoms with E-state index < -0.39 is 0 Å². The third kappa shape index (κ3) is 4.17. The number of thiazole rings is 1. The average Bonchev–Trinajstić information content (AvgIpc) is 3.11. The maximum atomic E-state index is 11.7. The first kappa shape index (κ1) is 18.7. The molecule has 0 saturated carbocycles. The Morgan fingerprint density at radius 2 is 2.15 bits per heavy atom. The van der Waals surface area contributed by atoms with Gasteiger partial charge in [0.1, 0.15) is 23.8 Å². The number of nitrogens with one attached hydrogen (secondary N) is 1. The summed E-state index contributed by atoms with van der Waals surface area (Å²) in [5.41, 5.74) is 1.03. The zero-order valence-corrected chi connectivity index (χ0v) is 16.7. The molecule has 1 aromatic carbocycles. The van der Waals surface area contributed by atoms with E-state index in [0.29, 0.717) is 23.9 Å². The summed E-state index contributed by atoms with van der Waals surface area (Å²) in [5.74, 6) is 0.319. The lowest BCUT2D eigenvalue weighted by atomic mass is 10.3. The van der Waals surface area contributed by atoms with Crippen LogP contribution in [-0.4, -0.2) is 39.0 Å². The fourth-order valence-corrected chi connectivity index (χ4v) is 3.99. The van der Waals surface area contributed by atoms with Crippen LogP contribution in [0, 0.1) is 4.77 Å². The van der Waals surface area contributed by atoms with Crippen LogP contribution >= 0.6 is 23.6 Å². The second kappa shape index (κ2) is 8.07. The van der Waals surface area contributed by atoms with Crippen molar-refractivity contribution in [3.8, 4) is 0 Å². The summed E-state index contributed by atoms with van der Waals surface area (Å²) in [5, 5.41) is 5.57.